The van der Waals surface area contributed by atoms with Crippen LogP contribution in [0.4, 0.5) is 4.79 Å². The van der Waals surface area contributed by atoms with Crippen LogP contribution < -0.4 is 0 Å². The number of likely N-dealkylation sites (N-methyl/N-ethyl adjacent to an activating group) is 1. The van der Waals surface area contributed by atoms with Crippen molar-refractivity contribution in [3.63, 3.8) is 0 Å². The first kappa shape index (κ1) is 28.1. The Morgan fingerprint density at radius 1 is 0.722 bits per heavy atom. The number of hydrogen-bond acceptors (Lipinski definition) is 6. The second-order valence-electron chi connectivity index (χ2n) is 8.88. The van der Waals surface area contributed by atoms with E-state index in [1.807, 2.05) is 24.3 Å². The number of fused-ring (bicyclic) bond motifs is 3. The van der Waals surface area contributed by atoms with Crippen molar-refractivity contribution in [1.82, 2.24) is 4.90 Å². The third-order valence-corrected chi connectivity index (χ3v) is 6.23. The van der Waals surface area contributed by atoms with Gasteiger partial charge in [-0.3, -0.25) is 0 Å². The molecule has 0 aromatic heterocycles. The maximum atomic E-state index is 12.5. The maximum Gasteiger partial charge on any atom is 0.409 e. The molecule has 3 rings (SSSR count). The largest absolute Gasteiger partial charge is 0.448 e. The number of amides is 1. The van der Waals surface area contributed by atoms with Gasteiger partial charge in [-0.05, 0) is 28.7 Å². The Balaban J connectivity index is 1.20. The van der Waals surface area contributed by atoms with Crippen LogP contribution in [0.3, 0.4) is 0 Å². The molecular formula is C29H41NO6. The van der Waals surface area contributed by atoms with Gasteiger partial charge in [-0.15, -0.1) is 0 Å². The van der Waals surface area contributed by atoms with Gasteiger partial charge in [-0.25, -0.2) is 4.79 Å². The molecule has 7 nitrogen and oxygen atoms in total. The number of unbranched alkanes of at least 4 members (excludes halogenated alkanes) is 2. The molecule has 2 aromatic carbocycles. The lowest BCUT2D eigenvalue weighted by Gasteiger charge is -2.19. The average molecular weight is 500 g/mol. The molecule has 0 spiro atoms. The molecule has 0 bridgehead atoms. The molecule has 0 unspecified atom stereocenters. The van der Waals surface area contributed by atoms with E-state index in [1.165, 1.54) is 35.1 Å². The zero-order chi connectivity index (χ0) is 25.4. The summed E-state index contributed by atoms with van der Waals surface area (Å²) in [6, 6.07) is 16.6. The molecule has 0 fully saturated rings. The topological polar surface area (TPSA) is 66.5 Å². The van der Waals surface area contributed by atoms with Crippen LogP contribution >= 0.6 is 0 Å². The van der Waals surface area contributed by atoms with Gasteiger partial charge in [0.1, 0.15) is 6.61 Å². The van der Waals surface area contributed by atoms with Crippen molar-refractivity contribution >= 4 is 6.09 Å². The standard InChI is InChI=1S/C29H41NO6/c1-3-4-9-15-32-17-19-34-21-22-35-20-18-33-16-14-30(2)29(31)36-23-28-26-12-7-5-10-24(26)25-11-6-8-13-27(25)28/h5-8,10-13,28H,3-4,9,14-23H2,1-2H3. The van der Waals surface area contributed by atoms with Crippen LogP contribution in [0.2, 0.25) is 0 Å². The zero-order valence-corrected chi connectivity index (χ0v) is 21.8. The summed E-state index contributed by atoms with van der Waals surface area (Å²) in [6.45, 7) is 7.44. The third kappa shape index (κ3) is 8.89. The van der Waals surface area contributed by atoms with Crippen LogP contribution in [0.1, 0.15) is 43.2 Å². The minimum Gasteiger partial charge on any atom is -0.448 e. The van der Waals surface area contributed by atoms with Gasteiger partial charge in [0.15, 0.2) is 0 Å². The summed E-state index contributed by atoms with van der Waals surface area (Å²) < 4.78 is 27.7. The molecule has 1 amide bonds. The van der Waals surface area contributed by atoms with Crippen molar-refractivity contribution in [1.29, 1.82) is 0 Å². The number of rotatable bonds is 18. The van der Waals surface area contributed by atoms with Crippen molar-refractivity contribution in [3.05, 3.63) is 59.7 Å². The summed E-state index contributed by atoms with van der Waals surface area (Å²) >= 11 is 0. The molecule has 0 heterocycles. The summed E-state index contributed by atoms with van der Waals surface area (Å²) in [7, 11) is 1.73. The monoisotopic (exact) mass is 499 g/mol. The maximum absolute atomic E-state index is 12.5. The number of hydrogen-bond donors (Lipinski definition) is 0. The normalized spacial score (nSPS) is 12.4. The van der Waals surface area contributed by atoms with Gasteiger partial charge in [0.2, 0.25) is 0 Å². The van der Waals surface area contributed by atoms with E-state index in [2.05, 4.69) is 31.2 Å². The highest BCUT2D eigenvalue weighted by atomic mass is 16.6. The summed E-state index contributed by atoms with van der Waals surface area (Å²) in [5.41, 5.74) is 4.85. The molecule has 0 radical (unpaired) electrons. The first-order valence-corrected chi connectivity index (χ1v) is 13.1. The minimum absolute atomic E-state index is 0.0606. The second kappa shape index (κ2) is 16.3. The second-order valence-corrected chi connectivity index (χ2v) is 8.88. The smallest absolute Gasteiger partial charge is 0.409 e. The van der Waals surface area contributed by atoms with Crippen LogP contribution in [0.15, 0.2) is 48.5 Å². The predicted molar refractivity (Wildman–Crippen MR) is 140 cm³/mol. The number of ether oxygens (including phenoxy) is 5. The number of nitrogens with zero attached hydrogens (tertiary/aromatic N) is 1. The van der Waals surface area contributed by atoms with E-state index in [1.54, 1.807) is 11.9 Å². The van der Waals surface area contributed by atoms with Crippen LogP contribution in [0.5, 0.6) is 0 Å². The van der Waals surface area contributed by atoms with E-state index >= 15 is 0 Å². The van der Waals surface area contributed by atoms with Crippen LogP contribution in [0.25, 0.3) is 11.1 Å². The molecule has 0 atom stereocenters. The number of carbonyl (C=O) groups is 1. The highest BCUT2D eigenvalue weighted by Gasteiger charge is 2.29. The molecule has 0 N–H and O–H groups in total. The van der Waals surface area contributed by atoms with E-state index in [0.717, 1.165) is 13.0 Å². The molecule has 0 saturated carbocycles. The van der Waals surface area contributed by atoms with Gasteiger partial charge < -0.3 is 28.6 Å². The molecule has 2 aromatic rings. The molecule has 0 saturated heterocycles. The third-order valence-electron chi connectivity index (χ3n) is 6.23. The lowest BCUT2D eigenvalue weighted by Crippen LogP contribution is -2.32. The molecule has 198 valence electrons. The lowest BCUT2D eigenvalue weighted by atomic mass is 9.98. The summed E-state index contributed by atoms with van der Waals surface area (Å²) in [5.74, 6) is 0.0606. The Bertz CT molecular complexity index is 859. The number of carbonyl (C=O) groups excluding carboxylic acids is 1. The molecule has 1 aliphatic carbocycles. The fraction of sp³-hybridized carbons (Fsp3) is 0.552. The Hall–Kier alpha value is -2.45. The average Bonchev–Trinajstić information content (AvgIpc) is 3.23. The van der Waals surface area contributed by atoms with Gasteiger partial charge in [-0.1, -0.05) is 68.3 Å². The molecule has 1 aliphatic rings. The first-order chi connectivity index (χ1) is 17.7. The number of benzene rings is 2. The van der Waals surface area contributed by atoms with Gasteiger partial charge in [-0.2, -0.15) is 0 Å². The molecule has 0 aliphatic heterocycles. The van der Waals surface area contributed by atoms with Crippen molar-refractivity contribution in [2.45, 2.75) is 32.1 Å². The SMILES string of the molecule is CCCCCOCCOCCOCCOCCN(C)C(=O)OCC1c2ccccc2-c2ccccc21. The highest BCUT2D eigenvalue weighted by Crippen LogP contribution is 2.44. The highest BCUT2D eigenvalue weighted by molar-refractivity contribution is 5.79. The fourth-order valence-electron chi connectivity index (χ4n) is 4.21. The van der Waals surface area contributed by atoms with Crippen molar-refractivity contribution in [2.24, 2.45) is 0 Å². The Kier molecular flexibility index (Phi) is 12.8. The van der Waals surface area contributed by atoms with Gasteiger partial charge in [0, 0.05) is 26.1 Å². The Labute approximate surface area is 215 Å². The molecule has 7 heteroatoms. The predicted octanol–water partition coefficient (Wildman–Crippen LogP) is 5.12. The zero-order valence-electron chi connectivity index (χ0n) is 21.8. The quantitative estimate of drug-likeness (QED) is 0.265. The fourth-order valence-corrected chi connectivity index (χ4v) is 4.21. The van der Waals surface area contributed by atoms with Gasteiger partial charge in [0.25, 0.3) is 0 Å². The van der Waals surface area contributed by atoms with E-state index < -0.39 is 0 Å². The van der Waals surface area contributed by atoms with E-state index in [0.29, 0.717) is 59.4 Å². The van der Waals surface area contributed by atoms with Crippen LogP contribution in [-0.4, -0.2) is 84.0 Å². The van der Waals surface area contributed by atoms with E-state index in [-0.39, 0.29) is 12.0 Å². The lowest BCUT2D eigenvalue weighted by molar-refractivity contribution is -0.00374. The van der Waals surface area contributed by atoms with Crippen molar-refractivity contribution in [3.8, 4) is 11.1 Å². The van der Waals surface area contributed by atoms with E-state index in [4.69, 9.17) is 23.7 Å². The Morgan fingerprint density at radius 2 is 1.22 bits per heavy atom. The van der Waals surface area contributed by atoms with Crippen molar-refractivity contribution < 1.29 is 28.5 Å². The van der Waals surface area contributed by atoms with Crippen LogP contribution in [0, 0.1) is 0 Å². The summed E-state index contributed by atoms with van der Waals surface area (Å²) in [4.78, 5) is 14.1. The summed E-state index contributed by atoms with van der Waals surface area (Å²) in [5, 5.41) is 0. The Morgan fingerprint density at radius 3 is 1.78 bits per heavy atom. The van der Waals surface area contributed by atoms with Gasteiger partial charge in [0.05, 0.1) is 46.2 Å². The first-order valence-electron chi connectivity index (χ1n) is 13.1. The van der Waals surface area contributed by atoms with E-state index in [9.17, 15) is 4.79 Å². The van der Waals surface area contributed by atoms with Crippen LogP contribution in [-0.2, 0) is 23.7 Å². The van der Waals surface area contributed by atoms with Gasteiger partial charge >= 0.3 is 6.09 Å². The minimum atomic E-state index is -0.344. The van der Waals surface area contributed by atoms with Crippen molar-refractivity contribution in [2.75, 3.05) is 73.1 Å². The molecule has 36 heavy (non-hydrogen) atoms. The summed E-state index contributed by atoms with van der Waals surface area (Å²) in [6.07, 6.45) is 3.18. The molecular weight excluding hydrogens is 458 g/mol.